The third-order valence-electron chi connectivity index (χ3n) is 4.64. The Balaban J connectivity index is 1.63. The molecule has 1 aliphatic rings. The summed E-state index contributed by atoms with van der Waals surface area (Å²) in [7, 11) is -3.41. The van der Waals surface area contributed by atoms with Crippen molar-refractivity contribution < 1.29 is 13.2 Å². The fourth-order valence-electron chi connectivity index (χ4n) is 3.15. The largest absolute Gasteiger partial charge is 0.490 e. The Morgan fingerprint density at radius 3 is 2.48 bits per heavy atom. The highest BCUT2D eigenvalue weighted by Gasteiger charge is 2.30. The average molecular weight is 359 g/mol. The molecule has 2 aromatic carbocycles. The topological polar surface area (TPSA) is 46.6 Å². The fourth-order valence-corrected chi connectivity index (χ4v) is 4.72. The van der Waals surface area contributed by atoms with Gasteiger partial charge in [-0.15, -0.1) is 0 Å². The number of ether oxygens (including phenoxy) is 1. The first-order valence-electron chi connectivity index (χ1n) is 8.81. The van der Waals surface area contributed by atoms with Gasteiger partial charge in [-0.1, -0.05) is 31.2 Å². The molecule has 25 heavy (non-hydrogen) atoms. The van der Waals surface area contributed by atoms with Crippen LogP contribution >= 0.6 is 0 Å². The summed E-state index contributed by atoms with van der Waals surface area (Å²) in [5.74, 6) is 0.874. The molecule has 0 radical (unpaired) electrons. The monoisotopic (exact) mass is 359 g/mol. The first kappa shape index (κ1) is 18.0. The molecule has 1 aliphatic heterocycles. The van der Waals surface area contributed by atoms with E-state index in [1.165, 1.54) is 5.56 Å². The molecule has 0 bridgehead atoms. The van der Waals surface area contributed by atoms with Crippen LogP contribution in [0.4, 0.5) is 0 Å². The number of hydrogen-bond acceptors (Lipinski definition) is 3. The van der Waals surface area contributed by atoms with E-state index in [1.807, 2.05) is 25.1 Å². The number of rotatable bonds is 5. The Morgan fingerprint density at radius 1 is 1.08 bits per heavy atom. The van der Waals surface area contributed by atoms with Gasteiger partial charge in [-0.2, -0.15) is 4.31 Å². The third-order valence-corrected chi connectivity index (χ3v) is 6.53. The number of hydrogen-bond donors (Lipinski definition) is 0. The van der Waals surface area contributed by atoms with Gasteiger partial charge < -0.3 is 4.74 Å². The molecule has 0 atom stereocenters. The highest BCUT2D eigenvalue weighted by molar-refractivity contribution is 7.89. The second-order valence-electron chi connectivity index (χ2n) is 6.54. The Bertz CT molecular complexity index is 824. The van der Waals surface area contributed by atoms with Crippen LogP contribution in [-0.4, -0.2) is 31.9 Å². The van der Waals surface area contributed by atoms with Crippen LogP contribution in [0.15, 0.2) is 53.4 Å². The van der Waals surface area contributed by atoms with Gasteiger partial charge in [0.25, 0.3) is 0 Å². The lowest BCUT2D eigenvalue weighted by Gasteiger charge is -2.31. The Hall–Kier alpha value is -1.85. The summed E-state index contributed by atoms with van der Waals surface area (Å²) in [6.07, 6.45) is 2.46. The van der Waals surface area contributed by atoms with Crippen molar-refractivity contribution in [1.29, 1.82) is 0 Å². The Morgan fingerprint density at radius 2 is 1.80 bits per heavy atom. The van der Waals surface area contributed by atoms with Crippen LogP contribution in [0.3, 0.4) is 0 Å². The van der Waals surface area contributed by atoms with Gasteiger partial charge in [-0.05, 0) is 61.6 Å². The summed E-state index contributed by atoms with van der Waals surface area (Å²) in [6, 6.07) is 15.2. The van der Waals surface area contributed by atoms with Crippen molar-refractivity contribution in [2.75, 3.05) is 13.1 Å². The molecule has 0 N–H and O–H groups in total. The maximum Gasteiger partial charge on any atom is 0.243 e. The molecule has 3 rings (SSSR count). The van der Waals surface area contributed by atoms with Crippen molar-refractivity contribution in [3.63, 3.8) is 0 Å². The first-order chi connectivity index (χ1) is 12.0. The van der Waals surface area contributed by atoms with Gasteiger partial charge in [0.1, 0.15) is 11.9 Å². The van der Waals surface area contributed by atoms with E-state index in [-0.39, 0.29) is 6.10 Å². The van der Waals surface area contributed by atoms with E-state index in [0.29, 0.717) is 30.8 Å². The lowest BCUT2D eigenvalue weighted by Crippen LogP contribution is -2.41. The maximum absolute atomic E-state index is 12.8. The second-order valence-corrected chi connectivity index (χ2v) is 8.48. The van der Waals surface area contributed by atoms with Gasteiger partial charge in [0, 0.05) is 13.1 Å². The van der Waals surface area contributed by atoms with Crippen molar-refractivity contribution in [1.82, 2.24) is 4.31 Å². The normalized spacial score (nSPS) is 16.7. The van der Waals surface area contributed by atoms with Crippen molar-refractivity contribution >= 4 is 10.0 Å². The number of sulfonamides is 1. The van der Waals surface area contributed by atoms with Gasteiger partial charge in [-0.3, -0.25) is 0 Å². The minimum atomic E-state index is -3.41. The lowest BCUT2D eigenvalue weighted by atomic mass is 10.1. The van der Waals surface area contributed by atoms with Crippen molar-refractivity contribution in [2.45, 2.75) is 44.1 Å². The fraction of sp³-hybridized carbons (Fsp3) is 0.400. The summed E-state index contributed by atoms with van der Waals surface area (Å²) in [5, 5.41) is 0. The van der Waals surface area contributed by atoms with Crippen molar-refractivity contribution in [3.8, 4) is 5.75 Å². The highest BCUT2D eigenvalue weighted by atomic mass is 32.2. The van der Waals surface area contributed by atoms with Crippen LogP contribution in [-0.2, 0) is 16.4 Å². The molecule has 1 heterocycles. The molecular weight excluding hydrogens is 334 g/mol. The van der Waals surface area contributed by atoms with Gasteiger partial charge in [0.15, 0.2) is 0 Å². The van der Waals surface area contributed by atoms with E-state index >= 15 is 0 Å². The third kappa shape index (κ3) is 4.22. The van der Waals surface area contributed by atoms with E-state index < -0.39 is 10.0 Å². The van der Waals surface area contributed by atoms with Gasteiger partial charge in [0.2, 0.25) is 10.0 Å². The summed E-state index contributed by atoms with van der Waals surface area (Å²) in [5.41, 5.74) is 2.20. The van der Waals surface area contributed by atoms with Crippen molar-refractivity contribution in [2.24, 2.45) is 0 Å². The Kier molecular flexibility index (Phi) is 5.45. The molecule has 0 unspecified atom stereocenters. The minimum Gasteiger partial charge on any atom is -0.490 e. The number of piperidine rings is 1. The van der Waals surface area contributed by atoms with E-state index in [0.717, 1.165) is 17.7 Å². The summed E-state index contributed by atoms with van der Waals surface area (Å²) in [4.78, 5) is 0.377. The standard InChI is InChI=1S/C20H25NO3S/c1-3-17-7-5-8-19(15-17)24-18-10-12-21(13-11-18)25(22,23)20-9-4-6-16(2)14-20/h4-9,14-15,18H,3,10-13H2,1-2H3. The highest BCUT2D eigenvalue weighted by Crippen LogP contribution is 2.24. The molecule has 134 valence electrons. The predicted molar refractivity (Wildman–Crippen MR) is 99.4 cm³/mol. The molecule has 0 aromatic heterocycles. The molecule has 0 amide bonds. The van der Waals surface area contributed by atoms with E-state index in [1.54, 1.807) is 22.5 Å². The van der Waals surface area contributed by atoms with Crippen LogP contribution in [0.5, 0.6) is 5.75 Å². The number of nitrogens with zero attached hydrogens (tertiary/aromatic N) is 1. The molecule has 4 nitrogen and oxygen atoms in total. The molecule has 5 heteroatoms. The predicted octanol–water partition coefficient (Wildman–Crippen LogP) is 3.79. The summed E-state index contributed by atoms with van der Waals surface area (Å²) < 4.78 is 33.2. The molecule has 1 saturated heterocycles. The SMILES string of the molecule is CCc1cccc(OC2CCN(S(=O)(=O)c3cccc(C)c3)CC2)c1. The van der Waals surface area contributed by atoms with Crippen LogP contribution in [0.1, 0.15) is 30.9 Å². The quantitative estimate of drug-likeness (QED) is 0.816. The smallest absolute Gasteiger partial charge is 0.243 e. The van der Waals surface area contributed by atoms with Gasteiger partial charge in [-0.25, -0.2) is 8.42 Å². The minimum absolute atomic E-state index is 0.0658. The molecule has 0 saturated carbocycles. The van der Waals surface area contributed by atoms with Gasteiger partial charge in [0.05, 0.1) is 4.90 Å². The molecule has 1 fully saturated rings. The zero-order valence-corrected chi connectivity index (χ0v) is 15.6. The summed E-state index contributed by atoms with van der Waals surface area (Å²) >= 11 is 0. The summed E-state index contributed by atoms with van der Waals surface area (Å²) in [6.45, 7) is 5.01. The Labute approximate surface area is 150 Å². The zero-order valence-electron chi connectivity index (χ0n) is 14.8. The first-order valence-corrected chi connectivity index (χ1v) is 10.3. The van der Waals surface area contributed by atoms with E-state index in [4.69, 9.17) is 4.74 Å². The number of benzene rings is 2. The van der Waals surface area contributed by atoms with Crippen LogP contribution in [0.2, 0.25) is 0 Å². The van der Waals surface area contributed by atoms with Gasteiger partial charge >= 0.3 is 0 Å². The van der Waals surface area contributed by atoms with Crippen LogP contribution in [0, 0.1) is 6.92 Å². The van der Waals surface area contributed by atoms with Crippen molar-refractivity contribution in [3.05, 3.63) is 59.7 Å². The average Bonchev–Trinajstić information content (AvgIpc) is 2.62. The van der Waals surface area contributed by atoms with E-state index in [2.05, 4.69) is 19.1 Å². The second kappa shape index (κ2) is 7.58. The molecule has 0 aliphatic carbocycles. The molecule has 2 aromatic rings. The molecular formula is C20H25NO3S. The zero-order chi connectivity index (χ0) is 17.9. The molecule has 0 spiro atoms. The maximum atomic E-state index is 12.8. The lowest BCUT2D eigenvalue weighted by molar-refractivity contribution is 0.135. The number of aryl methyl sites for hydroxylation is 2. The van der Waals surface area contributed by atoms with E-state index in [9.17, 15) is 8.42 Å². The van der Waals surface area contributed by atoms with Crippen LogP contribution < -0.4 is 4.74 Å². The van der Waals surface area contributed by atoms with Crippen LogP contribution in [0.25, 0.3) is 0 Å².